The SMILES string of the molecule is OCCOCCN1CC2(CCCC2)c2ccccc21. The number of aliphatic hydroxyl groups excluding tert-OH is 1. The summed E-state index contributed by atoms with van der Waals surface area (Å²) in [6.07, 6.45) is 5.39. The van der Waals surface area contributed by atoms with Gasteiger partial charge < -0.3 is 14.7 Å². The van der Waals surface area contributed by atoms with Crippen LogP contribution in [0.15, 0.2) is 24.3 Å². The van der Waals surface area contributed by atoms with Crippen molar-refractivity contribution < 1.29 is 9.84 Å². The Hall–Kier alpha value is -1.06. The monoisotopic (exact) mass is 261 g/mol. The summed E-state index contributed by atoms with van der Waals surface area (Å²) in [6.45, 7) is 3.33. The molecule has 1 N–H and O–H groups in total. The topological polar surface area (TPSA) is 32.7 Å². The molecule has 104 valence electrons. The Balaban J connectivity index is 1.73. The van der Waals surface area contributed by atoms with Crippen LogP contribution in [0, 0.1) is 0 Å². The Kier molecular flexibility index (Phi) is 3.76. The Labute approximate surface area is 115 Å². The van der Waals surface area contributed by atoms with E-state index in [0.29, 0.717) is 18.6 Å². The van der Waals surface area contributed by atoms with E-state index in [1.807, 2.05) is 0 Å². The molecule has 1 spiro atoms. The number of ether oxygens (including phenoxy) is 1. The number of rotatable bonds is 5. The molecule has 1 aromatic rings. The van der Waals surface area contributed by atoms with Crippen LogP contribution >= 0.6 is 0 Å². The number of aliphatic hydroxyl groups is 1. The average Bonchev–Trinajstić information content (AvgIpc) is 3.03. The summed E-state index contributed by atoms with van der Waals surface area (Å²) in [5.74, 6) is 0. The zero-order chi connectivity index (χ0) is 13.1. The predicted octanol–water partition coefficient (Wildman–Crippen LogP) is 2.33. The molecule has 3 rings (SSSR count). The summed E-state index contributed by atoms with van der Waals surface area (Å²) in [5, 5.41) is 8.74. The number of nitrogens with zero attached hydrogens (tertiary/aromatic N) is 1. The summed E-state index contributed by atoms with van der Waals surface area (Å²) < 4.78 is 5.42. The molecule has 3 heteroatoms. The fourth-order valence-electron chi connectivity index (χ4n) is 3.75. The first-order valence-electron chi connectivity index (χ1n) is 7.39. The second-order valence-electron chi connectivity index (χ2n) is 5.76. The number of fused-ring (bicyclic) bond motifs is 2. The number of benzene rings is 1. The van der Waals surface area contributed by atoms with Crippen LogP contribution < -0.4 is 4.90 Å². The molecule has 0 unspecified atom stereocenters. The molecule has 3 nitrogen and oxygen atoms in total. The third kappa shape index (κ3) is 2.37. The van der Waals surface area contributed by atoms with Gasteiger partial charge in [-0.25, -0.2) is 0 Å². The maximum Gasteiger partial charge on any atom is 0.0698 e. The normalized spacial score (nSPS) is 20.2. The Morgan fingerprint density at radius 3 is 2.74 bits per heavy atom. The first-order valence-corrected chi connectivity index (χ1v) is 7.39. The highest BCUT2D eigenvalue weighted by molar-refractivity contribution is 5.63. The van der Waals surface area contributed by atoms with Gasteiger partial charge >= 0.3 is 0 Å². The first-order chi connectivity index (χ1) is 9.36. The van der Waals surface area contributed by atoms with Gasteiger partial charge in [-0.05, 0) is 24.5 Å². The van der Waals surface area contributed by atoms with E-state index in [-0.39, 0.29) is 6.61 Å². The largest absolute Gasteiger partial charge is 0.394 e. The van der Waals surface area contributed by atoms with Crippen molar-refractivity contribution in [2.45, 2.75) is 31.1 Å². The van der Waals surface area contributed by atoms with E-state index in [1.165, 1.54) is 31.4 Å². The van der Waals surface area contributed by atoms with Crippen LogP contribution in [-0.2, 0) is 10.2 Å². The van der Waals surface area contributed by atoms with Crippen LogP contribution in [-0.4, -0.2) is 38.0 Å². The summed E-state index contributed by atoms with van der Waals surface area (Å²) in [7, 11) is 0. The first kappa shape index (κ1) is 12.9. The fraction of sp³-hybridized carbons (Fsp3) is 0.625. The second-order valence-corrected chi connectivity index (χ2v) is 5.76. The third-order valence-corrected chi connectivity index (χ3v) is 4.61. The molecule has 0 aromatic heterocycles. The van der Waals surface area contributed by atoms with E-state index in [9.17, 15) is 0 Å². The molecule has 2 aliphatic rings. The molecule has 1 aromatic carbocycles. The molecule has 0 atom stereocenters. The second kappa shape index (κ2) is 5.51. The Bertz CT molecular complexity index is 427. The average molecular weight is 261 g/mol. The molecular weight excluding hydrogens is 238 g/mol. The van der Waals surface area contributed by atoms with Gasteiger partial charge in [-0.2, -0.15) is 0 Å². The van der Waals surface area contributed by atoms with Crippen molar-refractivity contribution in [1.82, 2.24) is 0 Å². The van der Waals surface area contributed by atoms with Crippen molar-refractivity contribution >= 4 is 5.69 Å². The zero-order valence-corrected chi connectivity index (χ0v) is 11.5. The smallest absolute Gasteiger partial charge is 0.0698 e. The van der Waals surface area contributed by atoms with Crippen molar-refractivity contribution in [1.29, 1.82) is 0 Å². The van der Waals surface area contributed by atoms with Crippen molar-refractivity contribution in [2.24, 2.45) is 0 Å². The van der Waals surface area contributed by atoms with Gasteiger partial charge in [0.25, 0.3) is 0 Å². The van der Waals surface area contributed by atoms with Gasteiger partial charge in [-0.15, -0.1) is 0 Å². The van der Waals surface area contributed by atoms with E-state index in [1.54, 1.807) is 5.56 Å². The van der Waals surface area contributed by atoms with Crippen molar-refractivity contribution in [3.63, 3.8) is 0 Å². The quantitative estimate of drug-likeness (QED) is 0.826. The van der Waals surface area contributed by atoms with Crippen molar-refractivity contribution in [3.05, 3.63) is 29.8 Å². The molecule has 1 aliphatic heterocycles. The van der Waals surface area contributed by atoms with E-state index >= 15 is 0 Å². The molecule has 0 amide bonds. The lowest BCUT2D eigenvalue weighted by Gasteiger charge is -2.25. The van der Waals surface area contributed by atoms with Gasteiger partial charge in [-0.1, -0.05) is 31.0 Å². The molecule has 1 saturated carbocycles. The van der Waals surface area contributed by atoms with Crippen molar-refractivity contribution in [3.8, 4) is 0 Å². The highest BCUT2D eigenvalue weighted by Crippen LogP contribution is 2.50. The predicted molar refractivity (Wildman–Crippen MR) is 76.7 cm³/mol. The van der Waals surface area contributed by atoms with Crippen LogP contribution in [0.2, 0.25) is 0 Å². The molecular formula is C16H23NO2. The van der Waals surface area contributed by atoms with Crippen LogP contribution in [0.25, 0.3) is 0 Å². The van der Waals surface area contributed by atoms with Crippen LogP contribution in [0.1, 0.15) is 31.2 Å². The maximum atomic E-state index is 8.74. The maximum absolute atomic E-state index is 8.74. The van der Waals surface area contributed by atoms with E-state index in [0.717, 1.165) is 13.1 Å². The van der Waals surface area contributed by atoms with Crippen LogP contribution in [0.4, 0.5) is 5.69 Å². The fourth-order valence-corrected chi connectivity index (χ4v) is 3.75. The summed E-state index contributed by atoms with van der Waals surface area (Å²) >= 11 is 0. The number of hydrogen-bond donors (Lipinski definition) is 1. The van der Waals surface area contributed by atoms with Gasteiger partial charge in [0, 0.05) is 24.2 Å². The van der Waals surface area contributed by atoms with Crippen LogP contribution in [0.5, 0.6) is 0 Å². The van der Waals surface area contributed by atoms with Gasteiger partial charge in [0.15, 0.2) is 0 Å². The highest BCUT2D eigenvalue weighted by atomic mass is 16.5. The van der Waals surface area contributed by atoms with E-state index in [4.69, 9.17) is 9.84 Å². The molecule has 0 radical (unpaired) electrons. The molecule has 1 heterocycles. The molecule has 0 bridgehead atoms. The number of hydrogen-bond acceptors (Lipinski definition) is 3. The summed E-state index contributed by atoms with van der Waals surface area (Å²) in [4.78, 5) is 2.47. The molecule has 1 aliphatic carbocycles. The minimum absolute atomic E-state index is 0.112. The molecule has 1 fully saturated rings. The molecule has 19 heavy (non-hydrogen) atoms. The lowest BCUT2D eigenvalue weighted by Crippen LogP contribution is -2.33. The van der Waals surface area contributed by atoms with Gasteiger partial charge in [-0.3, -0.25) is 0 Å². The summed E-state index contributed by atoms with van der Waals surface area (Å²) in [5.41, 5.74) is 3.36. The minimum atomic E-state index is 0.112. The lowest BCUT2D eigenvalue weighted by molar-refractivity contribution is 0.0965. The van der Waals surface area contributed by atoms with Gasteiger partial charge in [0.05, 0.1) is 19.8 Å². The van der Waals surface area contributed by atoms with E-state index in [2.05, 4.69) is 29.2 Å². The Morgan fingerprint density at radius 1 is 1.16 bits per heavy atom. The zero-order valence-electron chi connectivity index (χ0n) is 11.5. The standard InChI is InChI=1S/C16H23NO2/c18-10-12-19-11-9-17-13-16(7-3-4-8-16)14-5-1-2-6-15(14)17/h1-2,5-6,18H,3-4,7-13H2. The minimum Gasteiger partial charge on any atom is -0.394 e. The van der Waals surface area contributed by atoms with Gasteiger partial charge in [0.1, 0.15) is 0 Å². The molecule has 0 saturated heterocycles. The highest BCUT2D eigenvalue weighted by Gasteiger charge is 2.43. The summed E-state index contributed by atoms with van der Waals surface area (Å²) in [6, 6.07) is 8.86. The lowest BCUT2D eigenvalue weighted by atomic mass is 9.81. The van der Waals surface area contributed by atoms with Crippen LogP contribution in [0.3, 0.4) is 0 Å². The van der Waals surface area contributed by atoms with E-state index < -0.39 is 0 Å². The number of para-hydroxylation sites is 1. The third-order valence-electron chi connectivity index (χ3n) is 4.61. The Morgan fingerprint density at radius 2 is 1.95 bits per heavy atom. The van der Waals surface area contributed by atoms with Gasteiger partial charge in [0.2, 0.25) is 0 Å². The van der Waals surface area contributed by atoms with Crippen molar-refractivity contribution in [2.75, 3.05) is 37.8 Å². The number of anilines is 1.